The van der Waals surface area contributed by atoms with E-state index in [9.17, 15) is 13.2 Å². The van der Waals surface area contributed by atoms with Crippen LogP contribution >= 0.6 is 0 Å². The molecule has 1 aliphatic carbocycles. The number of nitrogens with zero attached hydrogens (tertiary/aromatic N) is 2. The molecule has 1 aromatic carbocycles. The van der Waals surface area contributed by atoms with Crippen LogP contribution in [-0.4, -0.2) is 55.8 Å². The van der Waals surface area contributed by atoms with Gasteiger partial charge in [0.25, 0.3) is 0 Å². The van der Waals surface area contributed by atoms with E-state index in [1.54, 1.807) is 13.1 Å². The Labute approximate surface area is 182 Å². The number of hydrogen-bond acceptors (Lipinski definition) is 3. The van der Waals surface area contributed by atoms with E-state index in [2.05, 4.69) is 34.4 Å². The van der Waals surface area contributed by atoms with Crippen molar-refractivity contribution in [1.29, 1.82) is 0 Å². The topological polar surface area (TPSA) is 48.9 Å². The Balaban J connectivity index is 1.26. The predicted molar refractivity (Wildman–Crippen MR) is 115 cm³/mol. The zero-order chi connectivity index (χ0) is 22.2. The largest absolute Gasteiger partial charge is 0.416 e. The highest BCUT2D eigenvalue weighted by Crippen LogP contribution is 2.52. The highest BCUT2D eigenvalue weighted by molar-refractivity contribution is 5.80. The predicted octanol–water partition coefficient (Wildman–Crippen LogP) is 3.65. The number of alkyl halides is 3. The molecule has 1 saturated carbocycles. The summed E-state index contributed by atoms with van der Waals surface area (Å²) < 4.78 is 44.7. The number of nitrogens with one attached hydrogen (secondary N) is 2. The van der Waals surface area contributed by atoms with Crippen molar-refractivity contribution in [3.8, 4) is 0 Å². The van der Waals surface area contributed by atoms with Gasteiger partial charge in [0.05, 0.1) is 11.7 Å². The van der Waals surface area contributed by atoms with Gasteiger partial charge >= 0.3 is 6.18 Å². The van der Waals surface area contributed by atoms with Crippen molar-refractivity contribution in [3.05, 3.63) is 35.4 Å². The van der Waals surface area contributed by atoms with Crippen molar-refractivity contribution in [2.75, 3.05) is 26.7 Å². The molecule has 3 aliphatic rings. The quantitative estimate of drug-likeness (QED) is 0.557. The standard InChI is InChI=1S/C23H33F3N4O/c1-22(2)19(18-9-12-31-20(18)22)29-21(27-3)28-17-7-10-30(11-8-17)14-15-5-4-6-16(13-15)23(24,25)26/h4-6,13,17-20H,7-12,14H2,1-3H3,(H2,27,28,29). The van der Waals surface area contributed by atoms with Crippen LogP contribution in [0.4, 0.5) is 13.2 Å². The van der Waals surface area contributed by atoms with E-state index in [1.165, 1.54) is 12.1 Å². The molecule has 0 radical (unpaired) electrons. The molecule has 0 bridgehead atoms. The SMILES string of the molecule is CN=C(NC1CCN(Cc2cccc(C(F)(F)F)c2)CC1)NC1C2CCOC2C1(C)C. The summed E-state index contributed by atoms with van der Waals surface area (Å²) in [5, 5.41) is 7.18. The highest BCUT2D eigenvalue weighted by atomic mass is 19.4. The number of guanidine groups is 1. The van der Waals surface area contributed by atoms with E-state index < -0.39 is 11.7 Å². The molecule has 2 N–H and O–H groups in total. The monoisotopic (exact) mass is 438 g/mol. The molecule has 2 heterocycles. The smallest absolute Gasteiger partial charge is 0.377 e. The maximum Gasteiger partial charge on any atom is 0.416 e. The number of benzene rings is 1. The number of piperidine rings is 1. The lowest BCUT2D eigenvalue weighted by molar-refractivity contribution is -0.137. The fourth-order valence-electron chi connectivity index (χ4n) is 5.47. The number of likely N-dealkylation sites (tertiary alicyclic amines) is 1. The Morgan fingerprint density at radius 1 is 1.19 bits per heavy atom. The minimum absolute atomic E-state index is 0.0904. The number of rotatable bonds is 4. The first-order valence-electron chi connectivity index (χ1n) is 11.2. The second kappa shape index (κ2) is 8.62. The van der Waals surface area contributed by atoms with Gasteiger partial charge in [-0.25, -0.2) is 0 Å². The lowest BCUT2D eigenvalue weighted by Crippen LogP contribution is -2.68. The average molecular weight is 439 g/mol. The second-order valence-corrected chi connectivity index (χ2v) is 9.65. The molecule has 0 aromatic heterocycles. The van der Waals surface area contributed by atoms with Crippen LogP contribution in [0.2, 0.25) is 0 Å². The molecule has 2 saturated heterocycles. The third-order valence-electron chi connectivity index (χ3n) is 7.21. The van der Waals surface area contributed by atoms with Crippen LogP contribution in [0.5, 0.6) is 0 Å². The summed E-state index contributed by atoms with van der Waals surface area (Å²) in [6, 6.07) is 6.31. The van der Waals surface area contributed by atoms with Crippen LogP contribution in [0.1, 0.15) is 44.2 Å². The van der Waals surface area contributed by atoms with Gasteiger partial charge in [0.1, 0.15) is 0 Å². The molecule has 0 spiro atoms. The van der Waals surface area contributed by atoms with Crippen LogP contribution in [0.25, 0.3) is 0 Å². The van der Waals surface area contributed by atoms with Gasteiger partial charge in [-0.3, -0.25) is 9.89 Å². The van der Waals surface area contributed by atoms with Gasteiger partial charge in [-0.2, -0.15) is 13.2 Å². The van der Waals surface area contributed by atoms with E-state index in [0.717, 1.165) is 51.0 Å². The van der Waals surface area contributed by atoms with Crippen LogP contribution in [0.15, 0.2) is 29.3 Å². The Bertz CT molecular complexity index is 802. The number of aliphatic imine (C=N–C) groups is 1. The van der Waals surface area contributed by atoms with E-state index in [4.69, 9.17) is 4.74 Å². The second-order valence-electron chi connectivity index (χ2n) is 9.65. The van der Waals surface area contributed by atoms with Crippen molar-refractivity contribution in [3.63, 3.8) is 0 Å². The maximum absolute atomic E-state index is 12.9. The summed E-state index contributed by atoms with van der Waals surface area (Å²) in [6.45, 7) is 7.57. The van der Waals surface area contributed by atoms with Gasteiger partial charge < -0.3 is 15.4 Å². The highest BCUT2D eigenvalue weighted by Gasteiger charge is 2.59. The summed E-state index contributed by atoms with van der Waals surface area (Å²) in [7, 11) is 1.80. The fraction of sp³-hybridized carbons (Fsp3) is 0.696. The molecule has 2 aliphatic heterocycles. The number of fused-ring (bicyclic) bond motifs is 1. The molecule has 31 heavy (non-hydrogen) atoms. The number of ether oxygens (including phenoxy) is 1. The van der Waals surface area contributed by atoms with Crippen molar-refractivity contribution in [1.82, 2.24) is 15.5 Å². The van der Waals surface area contributed by atoms with Crippen LogP contribution < -0.4 is 10.6 Å². The molecule has 3 unspecified atom stereocenters. The first kappa shape index (κ1) is 22.4. The Morgan fingerprint density at radius 3 is 2.61 bits per heavy atom. The van der Waals surface area contributed by atoms with E-state index in [1.807, 2.05) is 0 Å². The molecular weight excluding hydrogens is 405 g/mol. The molecule has 1 aromatic rings. The van der Waals surface area contributed by atoms with Gasteiger partial charge in [0, 0.05) is 56.7 Å². The van der Waals surface area contributed by atoms with Gasteiger partial charge in [-0.1, -0.05) is 32.0 Å². The zero-order valence-corrected chi connectivity index (χ0v) is 18.5. The number of halogens is 3. The van der Waals surface area contributed by atoms with Crippen molar-refractivity contribution < 1.29 is 17.9 Å². The first-order chi connectivity index (χ1) is 14.7. The molecule has 0 amide bonds. The summed E-state index contributed by atoms with van der Waals surface area (Å²) in [4.78, 5) is 6.66. The molecule has 4 rings (SSSR count). The van der Waals surface area contributed by atoms with Crippen LogP contribution in [0, 0.1) is 11.3 Å². The zero-order valence-electron chi connectivity index (χ0n) is 18.5. The van der Waals surface area contributed by atoms with Crippen molar-refractivity contribution >= 4 is 5.96 Å². The molecule has 8 heteroatoms. The van der Waals surface area contributed by atoms with Crippen molar-refractivity contribution in [2.24, 2.45) is 16.3 Å². The maximum atomic E-state index is 12.9. The molecule has 3 atom stereocenters. The molecule has 3 fully saturated rings. The van der Waals surface area contributed by atoms with E-state index in [-0.39, 0.29) is 5.41 Å². The lowest BCUT2D eigenvalue weighted by atomic mass is 9.57. The fourth-order valence-corrected chi connectivity index (χ4v) is 5.47. The summed E-state index contributed by atoms with van der Waals surface area (Å²) in [5.74, 6) is 1.38. The van der Waals surface area contributed by atoms with Crippen molar-refractivity contribution in [2.45, 2.75) is 64.0 Å². The summed E-state index contributed by atoms with van der Waals surface area (Å²) in [6.07, 6.45) is -1.00. The van der Waals surface area contributed by atoms with Gasteiger partial charge in [0.2, 0.25) is 0 Å². The van der Waals surface area contributed by atoms with Crippen LogP contribution in [-0.2, 0) is 17.5 Å². The van der Waals surface area contributed by atoms with E-state index >= 15 is 0 Å². The normalized spacial score (nSPS) is 29.4. The summed E-state index contributed by atoms with van der Waals surface area (Å²) in [5.41, 5.74) is 0.220. The van der Waals surface area contributed by atoms with E-state index in [0.29, 0.717) is 36.2 Å². The first-order valence-corrected chi connectivity index (χ1v) is 11.2. The third kappa shape index (κ3) is 4.70. The third-order valence-corrected chi connectivity index (χ3v) is 7.21. The Morgan fingerprint density at radius 2 is 1.94 bits per heavy atom. The minimum Gasteiger partial charge on any atom is -0.377 e. The molecule has 172 valence electrons. The molecule has 5 nitrogen and oxygen atoms in total. The molecular formula is C23H33F3N4O. The van der Waals surface area contributed by atoms with Gasteiger partial charge in [0.15, 0.2) is 5.96 Å². The lowest BCUT2D eigenvalue weighted by Gasteiger charge is -2.55. The summed E-state index contributed by atoms with van der Waals surface area (Å²) >= 11 is 0. The Hall–Kier alpha value is -1.80. The van der Waals surface area contributed by atoms with Gasteiger partial charge in [-0.15, -0.1) is 0 Å². The minimum atomic E-state index is -4.30. The number of hydrogen-bond donors (Lipinski definition) is 2. The Kier molecular flexibility index (Phi) is 6.23. The van der Waals surface area contributed by atoms with Gasteiger partial charge in [-0.05, 0) is 30.9 Å². The average Bonchev–Trinajstić information content (AvgIpc) is 3.19. The van der Waals surface area contributed by atoms with Crippen LogP contribution in [0.3, 0.4) is 0 Å².